The highest BCUT2D eigenvalue weighted by atomic mass is 19.1. The van der Waals surface area contributed by atoms with E-state index in [0.29, 0.717) is 37.6 Å². The molecule has 0 spiro atoms. The molecule has 1 unspecified atom stereocenters. The number of amides is 1. The molecule has 1 aliphatic rings. The van der Waals surface area contributed by atoms with Gasteiger partial charge >= 0.3 is 0 Å². The van der Waals surface area contributed by atoms with Crippen LogP contribution in [0.3, 0.4) is 0 Å². The fraction of sp³-hybridized carbons (Fsp3) is 0.455. The van der Waals surface area contributed by atoms with Crippen LogP contribution in [-0.2, 0) is 22.4 Å². The number of hydrazine groups is 1. The van der Waals surface area contributed by atoms with Crippen molar-refractivity contribution in [2.45, 2.75) is 32.9 Å². The Bertz CT molecular complexity index is 984. The maximum atomic E-state index is 13.7. The molecule has 0 bridgehead atoms. The molecule has 1 fully saturated rings. The van der Waals surface area contributed by atoms with Crippen molar-refractivity contribution in [2.24, 2.45) is 16.7 Å². The van der Waals surface area contributed by atoms with Gasteiger partial charge in [0.05, 0.1) is 26.4 Å². The van der Waals surface area contributed by atoms with E-state index in [2.05, 4.69) is 20.4 Å². The predicted octanol–water partition coefficient (Wildman–Crippen LogP) is 0.236. The van der Waals surface area contributed by atoms with Crippen molar-refractivity contribution in [2.75, 3.05) is 33.5 Å². The third-order valence-electron chi connectivity index (χ3n) is 4.79. The number of aliphatic hydroxyl groups is 1. The number of aryl methyl sites for hydroxylation is 2. The lowest BCUT2D eigenvalue weighted by molar-refractivity contribution is -0.0976. The number of aromatic nitrogens is 2. The van der Waals surface area contributed by atoms with Gasteiger partial charge in [-0.05, 0) is 36.6 Å². The van der Waals surface area contributed by atoms with E-state index in [1.807, 2.05) is 6.92 Å². The minimum absolute atomic E-state index is 0.0369. The smallest absolute Gasteiger partial charge is 0.270 e. The summed E-state index contributed by atoms with van der Waals surface area (Å²) in [7, 11) is 1.00. The van der Waals surface area contributed by atoms with E-state index in [-0.39, 0.29) is 42.2 Å². The van der Waals surface area contributed by atoms with Crippen molar-refractivity contribution in [1.29, 1.82) is 0 Å². The van der Waals surface area contributed by atoms with Crippen molar-refractivity contribution in [3.05, 3.63) is 58.4 Å². The largest absolute Gasteiger partial charge is 0.400 e. The van der Waals surface area contributed by atoms with Gasteiger partial charge in [-0.1, -0.05) is 19.1 Å². The normalized spacial score (nSPS) is 15.8. The molecular formula is C22H32FN7O4. The Labute approximate surface area is 197 Å². The van der Waals surface area contributed by atoms with Crippen LogP contribution in [-0.4, -0.2) is 71.5 Å². The number of carbonyl (C=O) groups excluding carboxylic acids is 1. The molecule has 1 atom stereocenters. The monoisotopic (exact) mass is 477 g/mol. The summed E-state index contributed by atoms with van der Waals surface area (Å²) >= 11 is 0. The second-order valence-corrected chi connectivity index (χ2v) is 7.32. The Hall–Kier alpha value is -3.19. The van der Waals surface area contributed by atoms with Crippen LogP contribution in [0.15, 0.2) is 29.4 Å². The number of nitrogens with zero attached hydrogens (tertiary/aromatic N) is 4. The molecule has 3 rings (SSSR count). The second-order valence-electron chi connectivity index (χ2n) is 7.32. The quantitative estimate of drug-likeness (QED) is 0.181. The zero-order chi connectivity index (χ0) is 25.1. The zero-order valence-corrected chi connectivity index (χ0v) is 19.6. The topological polar surface area (TPSA) is 161 Å². The Morgan fingerprint density at radius 1 is 1.29 bits per heavy atom. The summed E-state index contributed by atoms with van der Waals surface area (Å²) in [6.07, 6.45) is 0.358. The molecule has 6 N–H and O–H groups in total. The van der Waals surface area contributed by atoms with Gasteiger partial charge in [0.2, 0.25) is 0 Å². The minimum atomic E-state index is -0.413. The fourth-order valence-corrected chi connectivity index (χ4v) is 3.18. The van der Waals surface area contributed by atoms with Gasteiger partial charge in [0.15, 0.2) is 5.84 Å². The summed E-state index contributed by atoms with van der Waals surface area (Å²) in [4.78, 5) is 21.0. The molecule has 0 radical (unpaired) electrons. The first-order valence-corrected chi connectivity index (χ1v) is 10.8. The van der Waals surface area contributed by atoms with Crippen LogP contribution in [0, 0.1) is 12.7 Å². The first-order valence-electron chi connectivity index (χ1n) is 10.8. The van der Waals surface area contributed by atoms with Crippen molar-refractivity contribution in [3.63, 3.8) is 0 Å². The maximum Gasteiger partial charge on any atom is 0.270 e. The van der Waals surface area contributed by atoms with Crippen LogP contribution in [0.4, 0.5) is 4.39 Å². The number of ether oxygens (including phenoxy) is 2. The second kappa shape index (κ2) is 13.5. The van der Waals surface area contributed by atoms with Gasteiger partial charge in [-0.25, -0.2) is 25.3 Å². The number of halogens is 1. The molecule has 2 aromatic rings. The zero-order valence-electron chi connectivity index (χ0n) is 19.6. The summed E-state index contributed by atoms with van der Waals surface area (Å²) in [5, 5.41) is 15.1. The SMILES string of the molecule is CCc1cc(CNC(=O)c2cc(/C(N)=N/N(N)CC3COCCO3)nc(C)n2)ccc1F.CO. The molecule has 34 heavy (non-hydrogen) atoms. The molecule has 1 aromatic carbocycles. The van der Waals surface area contributed by atoms with Crippen LogP contribution >= 0.6 is 0 Å². The summed E-state index contributed by atoms with van der Waals surface area (Å²) in [5.74, 6) is 5.63. The number of aliphatic hydroxyl groups excluding tert-OH is 1. The maximum absolute atomic E-state index is 13.7. The summed E-state index contributed by atoms with van der Waals surface area (Å²) in [6, 6.07) is 6.20. The van der Waals surface area contributed by atoms with Gasteiger partial charge in [0.1, 0.15) is 29.1 Å². The van der Waals surface area contributed by atoms with E-state index in [1.54, 1.807) is 19.1 Å². The van der Waals surface area contributed by atoms with Crippen molar-refractivity contribution in [3.8, 4) is 0 Å². The number of hydrogen-bond donors (Lipinski definition) is 4. The van der Waals surface area contributed by atoms with E-state index in [0.717, 1.165) is 17.8 Å². The van der Waals surface area contributed by atoms with Gasteiger partial charge in [0, 0.05) is 13.7 Å². The Kier molecular flexibility index (Phi) is 10.7. The van der Waals surface area contributed by atoms with E-state index < -0.39 is 5.91 Å². The van der Waals surface area contributed by atoms with Gasteiger partial charge in [-0.15, -0.1) is 5.10 Å². The molecule has 0 aliphatic carbocycles. The summed E-state index contributed by atoms with van der Waals surface area (Å²) in [6.45, 7) is 5.51. The Morgan fingerprint density at radius 3 is 2.71 bits per heavy atom. The lowest BCUT2D eigenvalue weighted by Crippen LogP contribution is -2.41. The lowest BCUT2D eigenvalue weighted by atomic mass is 10.1. The molecule has 1 aliphatic heterocycles. The lowest BCUT2D eigenvalue weighted by Gasteiger charge is -2.25. The third kappa shape index (κ3) is 7.99. The number of carbonyl (C=O) groups is 1. The summed E-state index contributed by atoms with van der Waals surface area (Å²) in [5.41, 5.74) is 7.84. The molecular weight excluding hydrogens is 445 g/mol. The average molecular weight is 478 g/mol. The molecule has 186 valence electrons. The standard InChI is InChI=1S/C21H28FN7O3.CH4O/c1-3-15-8-14(4-5-17(15)22)10-25-21(30)19-9-18(26-13(2)27-19)20(23)28-29(24)11-16-12-31-6-7-32-16;1-2/h4-5,8-9,16H,3,6-7,10-12,24H2,1-2H3,(H2,23,28)(H,25,30);2H,1H3. The highest BCUT2D eigenvalue weighted by molar-refractivity contribution is 5.99. The van der Waals surface area contributed by atoms with Gasteiger partial charge in [-0.3, -0.25) is 4.79 Å². The number of rotatable bonds is 8. The van der Waals surface area contributed by atoms with Crippen molar-refractivity contribution >= 4 is 11.7 Å². The summed E-state index contributed by atoms with van der Waals surface area (Å²) < 4.78 is 24.5. The molecule has 2 heterocycles. The van der Waals surface area contributed by atoms with Crippen LogP contribution in [0.25, 0.3) is 0 Å². The molecule has 1 amide bonds. The molecule has 0 saturated carbocycles. The molecule has 1 saturated heterocycles. The molecule has 11 nitrogen and oxygen atoms in total. The molecule has 1 aromatic heterocycles. The van der Waals surface area contributed by atoms with Crippen LogP contribution in [0.1, 0.15) is 40.1 Å². The number of benzene rings is 1. The first kappa shape index (κ1) is 27.1. The Morgan fingerprint density at radius 2 is 2.03 bits per heavy atom. The van der Waals surface area contributed by atoms with Gasteiger partial charge in [-0.2, -0.15) is 0 Å². The number of amidine groups is 1. The van der Waals surface area contributed by atoms with Crippen LogP contribution < -0.4 is 16.9 Å². The van der Waals surface area contributed by atoms with Crippen LogP contribution in [0.5, 0.6) is 0 Å². The number of hydrogen-bond acceptors (Lipinski definition) is 9. The third-order valence-corrected chi connectivity index (χ3v) is 4.79. The fourth-order valence-electron chi connectivity index (χ4n) is 3.18. The van der Waals surface area contributed by atoms with Gasteiger partial charge in [0.25, 0.3) is 5.91 Å². The van der Waals surface area contributed by atoms with Crippen molar-refractivity contribution in [1.82, 2.24) is 20.4 Å². The minimum Gasteiger partial charge on any atom is -0.400 e. The molecule has 12 heteroatoms. The van der Waals surface area contributed by atoms with E-state index in [9.17, 15) is 9.18 Å². The average Bonchev–Trinajstić information content (AvgIpc) is 2.84. The van der Waals surface area contributed by atoms with Crippen LogP contribution in [0.2, 0.25) is 0 Å². The van der Waals surface area contributed by atoms with Crippen molar-refractivity contribution < 1.29 is 23.8 Å². The van der Waals surface area contributed by atoms with E-state index in [1.165, 1.54) is 12.1 Å². The predicted molar refractivity (Wildman–Crippen MR) is 124 cm³/mol. The highest BCUT2D eigenvalue weighted by Crippen LogP contribution is 2.11. The van der Waals surface area contributed by atoms with E-state index >= 15 is 0 Å². The number of nitrogens with one attached hydrogen (secondary N) is 1. The number of hydrazone groups is 1. The number of nitrogens with two attached hydrogens (primary N) is 2. The van der Waals surface area contributed by atoms with Gasteiger partial charge < -0.3 is 25.6 Å². The first-order chi connectivity index (χ1) is 16.4. The Balaban J connectivity index is 0.00000199. The highest BCUT2D eigenvalue weighted by Gasteiger charge is 2.17. The van der Waals surface area contributed by atoms with E-state index in [4.69, 9.17) is 26.2 Å².